The summed E-state index contributed by atoms with van der Waals surface area (Å²) in [6.07, 6.45) is 3.62. The lowest BCUT2D eigenvalue weighted by atomic mass is 9.84. The van der Waals surface area contributed by atoms with Crippen LogP contribution in [0.25, 0.3) is 0 Å². The second-order valence-corrected chi connectivity index (χ2v) is 4.85. The Morgan fingerprint density at radius 1 is 1.29 bits per heavy atom. The zero-order valence-electron chi connectivity index (χ0n) is 11.1. The molecule has 1 N–H and O–H groups in total. The molecule has 1 aromatic rings. The molecule has 0 aliphatic carbocycles. The second-order valence-electron chi connectivity index (χ2n) is 4.85. The second kappa shape index (κ2) is 5.54. The minimum atomic E-state index is 0.507. The lowest BCUT2D eigenvalue weighted by Crippen LogP contribution is -2.32. The Bertz CT molecular complexity index is 375. The maximum absolute atomic E-state index is 5.35. The number of methoxy groups -OCH3 is 1. The van der Waals surface area contributed by atoms with Crippen molar-refractivity contribution in [2.75, 3.05) is 13.7 Å². The summed E-state index contributed by atoms with van der Waals surface area (Å²) in [6.45, 7) is 5.62. The molecule has 0 saturated carbocycles. The molecule has 17 heavy (non-hydrogen) atoms. The molecule has 1 aliphatic heterocycles. The van der Waals surface area contributed by atoms with Crippen LogP contribution in [0.15, 0.2) is 18.2 Å². The summed E-state index contributed by atoms with van der Waals surface area (Å²) in [4.78, 5) is 0. The number of rotatable bonds is 4. The molecule has 0 bridgehead atoms. The molecule has 1 aliphatic rings. The molecule has 2 rings (SSSR count). The van der Waals surface area contributed by atoms with E-state index in [9.17, 15) is 0 Å². The van der Waals surface area contributed by atoms with Gasteiger partial charge in [0.25, 0.3) is 0 Å². The highest BCUT2D eigenvalue weighted by molar-refractivity contribution is 5.41. The molecule has 2 unspecified atom stereocenters. The van der Waals surface area contributed by atoms with E-state index in [-0.39, 0.29) is 0 Å². The van der Waals surface area contributed by atoms with Crippen LogP contribution in [-0.4, -0.2) is 13.7 Å². The van der Waals surface area contributed by atoms with Gasteiger partial charge in [0.05, 0.1) is 7.11 Å². The first-order valence-corrected chi connectivity index (χ1v) is 6.71. The fourth-order valence-electron chi connectivity index (χ4n) is 2.77. The topological polar surface area (TPSA) is 21.3 Å². The average Bonchev–Trinajstić information content (AvgIpc) is 2.39. The third-order valence-electron chi connectivity index (χ3n) is 3.79. The van der Waals surface area contributed by atoms with E-state index in [1.807, 2.05) is 0 Å². The van der Waals surface area contributed by atoms with E-state index in [2.05, 4.69) is 37.4 Å². The van der Waals surface area contributed by atoms with Gasteiger partial charge in [-0.1, -0.05) is 26.3 Å². The van der Waals surface area contributed by atoms with Crippen LogP contribution in [0.1, 0.15) is 56.2 Å². The van der Waals surface area contributed by atoms with E-state index in [0.29, 0.717) is 12.0 Å². The monoisotopic (exact) mass is 233 g/mol. The number of fused-ring (bicyclic) bond motifs is 1. The van der Waals surface area contributed by atoms with Crippen LogP contribution in [-0.2, 0) is 0 Å². The lowest BCUT2D eigenvalue weighted by molar-refractivity contribution is 0.401. The summed E-state index contributed by atoms with van der Waals surface area (Å²) < 4.78 is 5.35. The molecule has 0 radical (unpaired) electrons. The van der Waals surface area contributed by atoms with Gasteiger partial charge < -0.3 is 10.1 Å². The number of hydrogen-bond acceptors (Lipinski definition) is 2. The molecule has 0 saturated heterocycles. The fourth-order valence-corrected chi connectivity index (χ4v) is 2.77. The van der Waals surface area contributed by atoms with E-state index in [1.165, 1.54) is 30.4 Å². The maximum Gasteiger partial charge on any atom is 0.119 e. The highest BCUT2D eigenvalue weighted by Crippen LogP contribution is 2.36. The van der Waals surface area contributed by atoms with Crippen molar-refractivity contribution in [3.63, 3.8) is 0 Å². The number of nitrogens with one attached hydrogen (secondary N) is 1. The van der Waals surface area contributed by atoms with E-state index in [4.69, 9.17) is 4.74 Å². The van der Waals surface area contributed by atoms with Crippen LogP contribution >= 0.6 is 0 Å². The van der Waals surface area contributed by atoms with Crippen LogP contribution in [0, 0.1) is 0 Å². The van der Waals surface area contributed by atoms with Gasteiger partial charge in [-0.15, -0.1) is 0 Å². The SMILES string of the molecule is CCCC1NCC(CC)c2ccc(OC)cc21. The summed E-state index contributed by atoms with van der Waals surface area (Å²) in [7, 11) is 1.74. The fraction of sp³-hybridized carbons (Fsp3) is 0.600. The van der Waals surface area contributed by atoms with Crippen molar-refractivity contribution >= 4 is 0 Å². The van der Waals surface area contributed by atoms with E-state index < -0.39 is 0 Å². The predicted molar refractivity (Wildman–Crippen MR) is 71.7 cm³/mol. The quantitative estimate of drug-likeness (QED) is 0.857. The Hall–Kier alpha value is -1.02. The van der Waals surface area contributed by atoms with Gasteiger partial charge in [0.1, 0.15) is 5.75 Å². The normalized spacial score (nSPS) is 23.2. The molecular weight excluding hydrogens is 210 g/mol. The zero-order valence-corrected chi connectivity index (χ0v) is 11.1. The van der Waals surface area contributed by atoms with Gasteiger partial charge in [-0.05, 0) is 42.0 Å². The molecule has 2 atom stereocenters. The minimum Gasteiger partial charge on any atom is -0.497 e. The zero-order chi connectivity index (χ0) is 12.3. The minimum absolute atomic E-state index is 0.507. The van der Waals surface area contributed by atoms with Crippen LogP contribution < -0.4 is 10.1 Å². The molecule has 1 aromatic carbocycles. The lowest BCUT2D eigenvalue weighted by Gasteiger charge is -2.32. The first-order valence-electron chi connectivity index (χ1n) is 6.71. The average molecular weight is 233 g/mol. The molecule has 2 heteroatoms. The third-order valence-corrected chi connectivity index (χ3v) is 3.79. The highest BCUT2D eigenvalue weighted by Gasteiger charge is 2.25. The first-order chi connectivity index (χ1) is 8.30. The van der Waals surface area contributed by atoms with Gasteiger partial charge in [0.2, 0.25) is 0 Å². The summed E-state index contributed by atoms with van der Waals surface area (Å²) in [5.74, 6) is 1.63. The van der Waals surface area contributed by atoms with Crippen molar-refractivity contribution in [1.82, 2.24) is 5.32 Å². The Labute approximate surface area is 104 Å². The van der Waals surface area contributed by atoms with E-state index in [0.717, 1.165) is 12.3 Å². The molecule has 0 aromatic heterocycles. The van der Waals surface area contributed by atoms with Crippen molar-refractivity contribution in [1.29, 1.82) is 0 Å². The van der Waals surface area contributed by atoms with Crippen molar-refractivity contribution in [3.05, 3.63) is 29.3 Å². The Balaban J connectivity index is 2.36. The largest absolute Gasteiger partial charge is 0.497 e. The van der Waals surface area contributed by atoms with Crippen LogP contribution in [0.2, 0.25) is 0 Å². The molecule has 2 nitrogen and oxygen atoms in total. The van der Waals surface area contributed by atoms with Crippen molar-refractivity contribution in [3.8, 4) is 5.75 Å². The van der Waals surface area contributed by atoms with Gasteiger partial charge in [-0.3, -0.25) is 0 Å². The van der Waals surface area contributed by atoms with Crippen molar-refractivity contribution < 1.29 is 4.74 Å². The number of ether oxygens (including phenoxy) is 1. The van der Waals surface area contributed by atoms with Gasteiger partial charge in [-0.2, -0.15) is 0 Å². The molecule has 0 fully saturated rings. The Morgan fingerprint density at radius 2 is 2.12 bits per heavy atom. The highest BCUT2D eigenvalue weighted by atomic mass is 16.5. The predicted octanol–water partition coefficient (Wildman–Crippen LogP) is 3.63. The summed E-state index contributed by atoms with van der Waals surface area (Å²) in [6, 6.07) is 7.07. The number of hydrogen-bond donors (Lipinski definition) is 1. The summed E-state index contributed by atoms with van der Waals surface area (Å²) in [5, 5.41) is 3.67. The Kier molecular flexibility index (Phi) is 4.06. The van der Waals surface area contributed by atoms with Crippen molar-refractivity contribution in [2.45, 2.75) is 45.1 Å². The van der Waals surface area contributed by atoms with Gasteiger partial charge >= 0.3 is 0 Å². The molecule has 94 valence electrons. The smallest absolute Gasteiger partial charge is 0.119 e. The molecular formula is C15H23NO. The van der Waals surface area contributed by atoms with Crippen LogP contribution in [0.5, 0.6) is 5.75 Å². The van der Waals surface area contributed by atoms with Crippen molar-refractivity contribution in [2.24, 2.45) is 0 Å². The first kappa shape index (κ1) is 12.4. The number of benzene rings is 1. The summed E-state index contributed by atoms with van der Waals surface area (Å²) >= 11 is 0. The van der Waals surface area contributed by atoms with Gasteiger partial charge in [0.15, 0.2) is 0 Å². The Morgan fingerprint density at radius 3 is 2.76 bits per heavy atom. The maximum atomic E-state index is 5.35. The molecule has 1 heterocycles. The molecule has 0 amide bonds. The standard InChI is InChI=1S/C15H23NO/c1-4-6-15-14-9-12(17-3)7-8-13(14)11(5-2)10-16-15/h7-9,11,15-16H,4-6,10H2,1-3H3. The van der Waals surface area contributed by atoms with E-state index in [1.54, 1.807) is 7.11 Å². The van der Waals surface area contributed by atoms with Crippen LogP contribution in [0.4, 0.5) is 0 Å². The van der Waals surface area contributed by atoms with E-state index >= 15 is 0 Å². The third kappa shape index (κ3) is 2.47. The summed E-state index contributed by atoms with van der Waals surface area (Å²) in [5.41, 5.74) is 2.97. The van der Waals surface area contributed by atoms with Crippen LogP contribution in [0.3, 0.4) is 0 Å². The van der Waals surface area contributed by atoms with Gasteiger partial charge in [0, 0.05) is 12.6 Å². The molecule has 0 spiro atoms. The van der Waals surface area contributed by atoms with Gasteiger partial charge in [-0.25, -0.2) is 0 Å².